The zero-order valence-corrected chi connectivity index (χ0v) is 10.4. The van der Waals surface area contributed by atoms with Gasteiger partial charge in [0.15, 0.2) is 0 Å². The molecule has 0 aliphatic heterocycles. The first-order valence-corrected chi connectivity index (χ1v) is 5.57. The minimum Gasteiger partial charge on any atom is -0.368 e. The Bertz CT molecular complexity index is 204. The van der Waals surface area contributed by atoms with Gasteiger partial charge in [-0.3, -0.25) is 4.79 Å². The molecule has 4 heteroatoms. The molecule has 0 fully saturated rings. The predicted molar refractivity (Wildman–Crippen MR) is 63.4 cm³/mol. The van der Waals surface area contributed by atoms with Crippen LogP contribution >= 0.6 is 0 Å². The van der Waals surface area contributed by atoms with Crippen LogP contribution in [0.2, 0.25) is 0 Å². The van der Waals surface area contributed by atoms with Crippen molar-refractivity contribution in [3.8, 4) is 0 Å². The molecule has 0 aliphatic carbocycles. The summed E-state index contributed by atoms with van der Waals surface area (Å²) >= 11 is 0. The van der Waals surface area contributed by atoms with E-state index in [1.165, 1.54) is 6.42 Å². The molecule has 0 heterocycles. The zero-order valence-electron chi connectivity index (χ0n) is 10.4. The van der Waals surface area contributed by atoms with E-state index in [1.54, 1.807) is 6.92 Å². The Morgan fingerprint density at radius 1 is 1.53 bits per heavy atom. The van der Waals surface area contributed by atoms with E-state index >= 15 is 0 Å². The van der Waals surface area contributed by atoms with Crippen LogP contribution in [0.1, 0.15) is 33.6 Å². The maximum atomic E-state index is 11.0. The molecule has 0 bridgehead atoms. The normalized spacial score (nSPS) is 17.5. The number of nitrogens with zero attached hydrogens (tertiary/aromatic N) is 1. The van der Waals surface area contributed by atoms with Crippen LogP contribution in [0.3, 0.4) is 0 Å². The number of amides is 1. The second-order valence-electron chi connectivity index (χ2n) is 4.81. The molecule has 0 radical (unpaired) electrons. The van der Waals surface area contributed by atoms with Crippen molar-refractivity contribution in [2.45, 2.75) is 39.2 Å². The quantitative estimate of drug-likeness (QED) is 0.651. The lowest BCUT2D eigenvalue weighted by atomic mass is 9.98. The molecule has 2 atom stereocenters. The molecule has 0 aromatic carbocycles. The highest BCUT2D eigenvalue weighted by atomic mass is 16.1. The van der Waals surface area contributed by atoms with Crippen LogP contribution in [0.5, 0.6) is 0 Å². The van der Waals surface area contributed by atoms with E-state index in [-0.39, 0.29) is 0 Å². The third kappa shape index (κ3) is 5.74. The Labute approximate surface area is 93.0 Å². The van der Waals surface area contributed by atoms with Crippen LogP contribution in [0, 0.1) is 5.92 Å². The Morgan fingerprint density at radius 2 is 2.07 bits per heavy atom. The molecule has 15 heavy (non-hydrogen) atoms. The van der Waals surface area contributed by atoms with Gasteiger partial charge in [-0.2, -0.15) is 0 Å². The van der Waals surface area contributed by atoms with Gasteiger partial charge in [0.1, 0.15) is 0 Å². The van der Waals surface area contributed by atoms with Crippen molar-refractivity contribution in [3.63, 3.8) is 0 Å². The van der Waals surface area contributed by atoms with Crippen molar-refractivity contribution >= 4 is 5.91 Å². The lowest BCUT2D eigenvalue weighted by Gasteiger charge is -2.26. The molecule has 4 N–H and O–H groups in total. The number of nitrogens with two attached hydrogens (primary N) is 2. The summed E-state index contributed by atoms with van der Waals surface area (Å²) in [7, 11) is 2.04. The minimum absolute atomic E-state index is 0.431. The van der Waals surface area contributed by atoms with Crippen LogP contribution in [-0.4, -0.2) is 36.5 Å². The molecule has 0 saturated heterocycles. The largest absolute Gasteiger partial charge is 0.368 e. The van der Waals surface area contributed by atoms with Gasteiger partial charge in [0.2, 0.25) is 5.91 Å². The topological polar surface area (TPSA) is 72.3 Å². The fourth-order valence-electron chi connectivity index (χ4n) is 1.30. The van der Waals surface area contributed by atoms with Gasteiger partial charge in [0, 0.05) is 13.1 Å². The summed E-state index contributed by atoms with van der Waals surface area (Å²) in [6.45, 7) is 7.92. The Balaban J connectivity index is 3.90. The summed E-state index contributed by atoms with van der Waals surface area (Å²) in [4.78, 5) is 13.2. The van der Waals surface area contributed by atoms with Crippen LogP contribution in [-0.2, 0) is 4.79 Å². The summed E-state index contributed by atoms with van der Waals surface area (Å²) in [5, 5.41) is 0. The fourth-order valence-corrected chi connectivity index (χ4v) is 1.30. The van der Waals surface area contributed by atoms with Crippen LogP contribution in [0.15, 0.2) is 0 Å². The molecular formula is C11H25N3O. The van der Waals surface area contributed by atoms with Crippen molar-refractivity contribution in [2.75, 3.05) is 20.1 Å². The first kappa shape index (κ1) is 14.4. The summed E-state index contributed by atoms with van der Waals surface area (Å²) < 4.78 is 0. The third-order valence-corrected chi connectivity index (χ3v) is 2.90. The number of hydrogen-bond acceptors (Lipinski definition) is 3. The van der Waals surface area contributed by atoms with Crippen molar-refractivity contribution in [2.24, 2.45) is 17.4 Å². The Morgan fingerprint density at radius 3 is 2.47 bits per heavy atom. The molecule has 1 amide bonds. The summed E-state index contributed by atoms with van der Waals surface area (Å²) in [6.07, 6.45) is 1.77. The van der Waals surface area contributed by atoms with Crippen LogP contribution in [0.25, 0.3) is 0 Å². The van der Waals surface area contributed by atoms with E-state index < -0.39 is 11.4 Å². The molecule has 0 saturated carbocycles. The average Bonchev–Trinajstić information content (AvgIpc) is 2.14. The van der Waals surface area contributed by atoms with E-state index in [0.29, 0.717) is 12.3 Å². The van der Waals surface area contributed by atoms with E-state index in [9.17, 15) is 4.79 Å². The highest BCUT2D eigenvalue weighted by Crippen LogP contribution is 2.08. The average molecular weight is 215 g/mol. The molecular weight excluding hydrogens is 190 g/mol. The lowest BCUT2D eigenvalue weighted by Crippen LogP contribution is -2.51. The van der Waals surface area contributed by atoms with Crippen molar-refractivity contribution in [3.05, 3.63) is 0 Å². The van der Waals surface area contributed by atoms with E-state index in [0.717, 1.165) is 13.1 Å². The summed E-state index contributed by atoms with van der Waals surface area (Å²) in [5.41, 5.74) is 10.1. The van der Waals surface area contributed by atoms with Gasteiger partial charge >= 0.3 is 0 Å². The van der Waals surface area contributed by atoms with E-state index in [1.807, 2.05) is 7.05 Å². The van der Waals surface area contributed by atoms with Gasteiger partial charge < -0.3 is 16.4 Å². The number of rotatable bonds is 7. The fraction of sp³-hybridized carbons (Fsp3) is 0.909. The van der Waals surface area contributed by atoms with Crippen molar-refractivity contribution in [1.82, 2.24) is 4.90 Å². The molecule has 0 rings (SSSR count). The van der Waals surface area contributed by atoms with Crippen LogP contribution in [0.4, 0.5) is 0 Å². The second-order valence-corrected chi connectivity index (χ2v) is 4.81. The van der Waals surface area contributed by atoms with Gasteiger partial charge in [0.25, 0.3) is 0 Å². The highest BCUT2D eigenvalue weighted by Gasteiger charge is 2.25. The van der Waals surface area contributed by atoms with Crippen molar-refractivity contribution < 1.29 is 4.79 Å². The molecule has 4 nitrogen and oxygen atoms in total. The first-order chi connectivity index (χ1) is 6.79. The monoisotopic (exact) mass is 215 g/mol. The number of primary amides is 1. The summed E-state index contributed by atoms with van der Waals surface area (Å²) in [6, 6.07) is 0. The first-order valence-electron chi connectivity index (χ1n) is 5.57. The lowest BCUT2D eigenvalue weighted by molar-refractivity contribution is -0.122. The molecule has 2 unspecified atom stereocenters. The maximum absolute atomic E-state index is 11.0. The van der Waals surface area contributed by atoms with Gasteiger partial charge in [0.05, 0.1) is 5.54 Å². The Hall–Kier alpha value is -0.610. The van der Waals surface area contributed by atoms with Crippen LogP contribution < -0.4 is 11.5 Å². The molecule has 90 valence electrons. The number of carbonyl (C=O) groups excluding carboxylic acids is 1. The van der Waals surface area contributed by atoms with E-state index in [4.69, 9.17) is 11.5 Å². The predicted octanol–water partition coefficient (Wildman–Crippen LogP) is 0.557. The smallest absolute Gasteiger partial charge is 0.237 e. The zero-order chi connectivity index (χ0) is 12.1. The van der Waals surface area contributed by atoms with Gasteiger partial charge in [-0.25, -0.2) is 0 Å². The maximum Gasteiger partial charge on any atom is 0.237 e. The van der Waals surface area contributed by atoms with Gasteiger partial charge in [-0.1, -0.05) is 20.3 Å². The summed E-state index contributed by atoms with van der Waals surface area (Å²) in [5.74, 6) is 0.243. The number of hydrogen-bond donors (Lipinski definition) is 2. The highest BCUT2D eigenvalue weighted by molar-refractivity contribution is 5.83. The van der Waals surface area contributed by atoms with E-state index in [2.05, 4.69) is 18.7 Å². The third-order valence-electron chi connectivity index (χ3n) is 2.90. The molecule has 0 aromatic rings. The van der Waals surface area contributed by atoms with Gasteiger partial charge in [-0.05, 0) is 26.3 Å². The SMILES string of the molecule is CCC(C)CN(C)CCC(C)(N)C(N)=O. The molecule has 0 aromatic heterocycles. The standard InChI is InChI=1S/C11H25N3O/c1-5-9(2)8-14(4)7-6-11(3,13)10(12)15/h9H,5-8,13H2,1-4H3,(H2,12,15). The van der Waals surface area contributed by atoms with Gasteiger partial charge in [-0.15, -0.1) is 0 Å². The Kier molecular flexibility index (Phi) is 5.83. The molecule has 0 spiro atoms. The minimum atomic E-state index is -0.885. The second kappa shape index (κ2) is 6.08. The number of carbonyl (C=O) groups is 1. The molecule has 0 aliphatic rings. The van der Waals surface area contributed by atoms with Crippen molar-refractivity contribution in [1.29, 1.82) is 0 Å².